The zero-order valence-corrected chi connectivity index (χ0v) is 12.6. The van der Waals surface area contributed by atoms with Gasteiger partial charge in [-0.2, -0.15) is 0 Å². The summed E-state index contributed by atoms with van der Waals surface area (Å²) in [6.45, 7) is 0.550. The van der Waals surface area contributed by atoms with E-state index in [1.165, 1.54) is 0 Å². The number of benzene rings is 2. The molecule has 2 aromatic rings. The lowest BCUT2D eigenvalue weighted by Crippen LogP contribution is -2.10. The molecule has 0 unspecified atom stereocenters. The molecule has 0 atom stereocenters. The van der Waals surface area contributed by atoms with Crippen LogP contribution in [0.1, 0.15) is 5.56 Å². The molecule has 0 fully saturated rings. The molecule has 0 saturated carbocycles. The van der Waals surface area contributed by atoms with Gasteiger partial charge in [-0.15, -0.1) is 0 Å². The van der Waals surface area contributed by atoms with Crippen molar-refractivity contribution < 1.29 is 4.74 Å². The highest BCUT2D eigenvalue weighted by atomic mass is 79.9. The van der Waals surface area contributed by atoms with Gasteiger partial charge in [0.2, 0.25) is 0 Å². The van der Waals surface area contributed by atoms with Crippen LogP contribution in [0.2, 0.25) is 0 Å². The van der Waals surface area contributed by atoms with Crippen LogP contribution in [0.4, 0.5) is 11.4 Å². The standard InChI is InChI=1S/C15H17BrN2O/c1-18(12-5-3-4-11(8-12)10-17)13-6-7-15(19-2)14(16)9-13/h3-9H,10,17H2,1-2H3. The van der Waals surface area contributed by atoms with Crippen molar-refractivity contribution in [2.24, 2.45) is 5.73 Å². The van der Waals surface area contributed by atoms with Gasteiger partial charge in [-0.3, -0.25) is 0 Å². The zero-order valence-electron chi connectivity index (χ0n) is 11.1. The molecule has 0 aliphatic rings. The van der Waals surface area contributed by atoms with Gasteiger partial charge in [0.1, 0.15) is 5.75 Å². The highest BCUT2D eigenvalue weighted by Crippen LogP contribution is 2.32. The van der Waals surface area contributed by atoms with Gasteiger partial charge in [0.25, 0.3) is 0 Å². The van der Waals surface area contributed by atoms with Gasteiger partial charge in [-0.05, 0) is 51.8 Å². The van der Waals surface area contributed by atoms with Gasteiger partial charge in [0, 0.05) is 25.0 Å². The lowest BCUT2D eigenvalue weighted by atomic mass is 10.2. The summed E-state index contributed by atoms with van der Waals surface area (Å²) in [5.74, 6) is 0.827. The summed E-state index contributed by atoms with van der Waals surface area (Å²) < 4.78 is 6.18. The molecule has 0 aromatic heterocycles. The van der Waals surface area contributed by atoms with Gasteiger partial charge in [0.05, 0.1) is 11.6 Å². The summed E-state index contributed by atoms with van der Waals surface area (Å²) in [5.41, 5.74) is 9.00. The number of ether oxygens (including phenoxy) is 1. The fourth-order valence-electron chi connectivity index (χ4n) is 1.91. The van der Waals surface area contributed by atoms with Crippen LogP contribution in [0.25, 0.3) is 0 Å². The van der Waals surface area contributed by atoms with Crippen molar-refractivity contribution in [1.82, 2.24) is 0 Å². The third kappa shape index (κ3) is 3.08. The number of nitrogens with zero attached hydrogens (tertiary/aromatic N) is 1. The number of methoxy groups -OCH3 is 1. The number of hydrogen-bond acceptors (Lipinski definition) is 3. The lowest BCUT2D eigenvalue weighted by molar-refractivity contribution is 0.412. The van der Waals surface area contributed by atoms with Crippen molar-refractivity contribution in [3.63, 3.8) is 0 Å². The van der Waals surface area contributed by atoms with E-state index >= 15 is 0 Å². The Morgan fingerprint density at radius 2 is 1.89 bits per heavy atom. The SMILES string of the molecule is COc1ccc(N(C)c2cccc(CN)c2)cc1Br. The molecule has 0 radical (unpaired) electrons. The molecule has 100 valence electrons. The van der Waals surface area contributed by atoms with Crippen molar-refractivity contribution in [2.45, 2.75) is 6.54 Å². The van der Waals surface area contributed by atoms with Crippen molar-refractivity contribution in [1.29, 1.82) is 0 Å². The molecule has 4 heteroatoms. The molecule has 0 amide bonds. The molecule has 0 aliphatic heterocycles. The minimum Gasteiger partial charge on any atom is -0.496 e. The fourth-order valence-corrected chi connectivity index (χ4v) is 2.43. The normalized spacial score (nSPS) is 10.3. The second kappa shape index (κ2) is 6.08. The van der Waals surface area contributed by atoms with Crippen molar-refractivity contribution >= 4 is 27.3 Å². The molecular formula is C15H17BrN2O. The predicted molar refractivity (Wildman–Crippen MR) is 83.1 cm³/mol. The molecule has 2 rings (SSSR count). The Kier molecular flexibility index (Phi) is 4.45. The Morgan fingerprint density at radius 3 is 2.53 bits per heavy atom. The van der Waals surface area contributed by atoms with E-state index < -0.39 is 0 Å². The molecular weight excluding hydrogens is 304 g/mol. The fraction of sp³-hybridized carbons (Fsp3) is 0.200. The molecule has 2 N–H and O–H groups in total. The number of hydrogen-bond donors (Lipinski definition) is 1. The zero-order chi connectivity index (χ0) is 13.8. The van der Waals surface area contributed by atoms with Crippen molar-refractivity contribution in [3.8, 4) is 5.75 Å². The number of anilines is 2. The van der Waals surface area contributed by atoms with Crippen LogP contribution in [0, 0.1) is 0 Å². The van der Waals surface area contributed by atoms with Crippen LogP contribution in [-0.2, 0) is 6.54 Å². The van der Waals surface area contributed by atoms with Crippen LogP contribution in [-0.4, -0.2) is 14.2 Å². The third-order valence-electron chi connectivity index (χ3n) is 3.06. The van der Waals surface area contributed by atoms with E-state index in [4.69, 9.17) is 10.5 Å². The van der Waals surface area contributed by atoms with E-state index in [0.717, 1.165) is 27.2 Å². The maximum atomic E-state index is 5.68. The first-order valence-corrected chi connectivity index (χ1v) is 6.81. The summed E-state index contributed by atoms with van der Waals surface area (Å²) in [4.78, 5) is 2.11. The molecule has 2 aromatic carbocycles. The topological polar surface area (TPSA) is 38.5 Å². The van der Waals surface area contributed by atoms with E-state index in [-0.39, 0.29) is 0 Å². The maximum Gasteiger partial charge on any atom is 0.133 e. The number of halogens is 1. The van der Waals surface area contributed by atoms with Gasteiger partial charge in [-0.25, -0.2) is 0 Å². The Hall–Kier alpha value is -1.52. The summed E-state index contributed by atoms with van der Waals surface area (Å²) in [5, 5.41) is 0. The van der Waals surface area contributed by atoms with Gasteiger partial charge < -0.3 is 15.4 Å². The molecule has 3 nitrogen and oxygen atoms in total. The summed E-state index contributed by atoms with van der Waals surface area (Å²) >= 11 is 3.50. The second-order valence-corrected chi connectivity index (χ2v) is 5.11. The van der Waals surface area contributed by atoms with E-state index in [2.05, 4.69) is 33.0 Å². The first kappa shape index (κ1) is 13.9. The molecule has 0 saturated heterocycles. The van der Waals surface area contributed by atoms with Gasteiger partial charge in [-0.1, -0.05) is 12.1 Å². The maximum absolute atomic E-state index is 5.68. The highest BCUT2D eigenvalue weighted by molar-refractivity contribution is 9.10. The number of rotatable bonds is 4. The van der Waals surface area contributed by atoms with Gasteiger partial charge in [0.15, 0.2) is 0 Å². The van der Waals surface area contributed by atoms with E-state index in [1.807, 2.05) is 37.4 Å². The third-order valence-corrected chi connectivity index (χ3v) is 3.68. The molecule has 0 bridgehead atoms. The van der Waals surface area contributed by atoms with Crippen LogP contribution in [0.5, 0.6) is 5.75 Å². The van der Waals surface area contributed by atoms with E-state index in [0.29, 0.717) is 6.54 Å². The monoisotopic (exact) mass is 320 g/mol. The quantitative estimate of drug-likeness (QED) is 0.933. The van der Waals surface area contributed by atoms with Crippen LogP contribution in [0.15, 0.2) is 46.9 Å². The molecule has 0 aliphatic carbocycles. The first-order chi connectivity index (χ1) is 9.15. The van der Waals surface area contributed by atoms with Crippen LogP contribution < -0.4 is 15.4 Å². The highest BCUT2D eigenvalue weighted by Gasteiger charge is 2.07. The van der Waals surface area contributed by atoms with E-state index in [1.54, 1.807) is 7.11 Å². The summed E-state index contributed by atoms with van der Waals surface area (Å²) in [6, 6.07) is 14.2. The first-order valence-electron chi connectivity index (χ1n) is 6.02. The average Bonchev–Trinajstić information content (AvgIpc) is 2.46. The second-order valence-electron chi connectivity index (χ2n) is 4.25. The average molecular weight is 321 g/mol. The summed E-state index contributed by atoms with van der Waals surface area (Å²) in [7, 11) is 3.69. The van der Waals surface area contributed by atoms with Crippen LogP contribution in [0.3, 0.4) is 0 Å². The minimum absolute atomic E-state index is 0.550. The Morgan fingerprint density at radius 1 is 1.16 bits per heavy atom. The molecule has 0 spiro atoms. The van der Waals surface area contributed by atoms with E-state index in [9.17, 15) is 0 Å². The summed E-state index contributed by atoms with van der Waals surface area (Å²) in [6.07, 6.45) is 0. The Bertz CT molecular complexity index is 572. The van der Waals surface area contributed by atoms with Crippen molar-refractivity contribution in [3.05, 3.63) is 52.5 Å². The van der Waals surface area contributed by atoms with Gasteiger partial charge >= 0.3 is 0 Å². The minimum atomic E-state index is 0.550. The lowest BCUT2D eigenvalue weighted by Gasteiger charge is -2.21. The molecule has 0 heterocycles. The largest absolute Gasteiger partial charge is 0.496 e. The number of nitrogens with two attached hydrogens (primary N) is 1. The Labute approximate surface area is 122 Å². The molecule has 19 heavy (non-hydrogen) atoms. The Balaban J connectivity index is 2.32. The van der Waals surface area contributed by atoms with Crippen LogP contribution >= 0.6 is 15.9 Å². The van der Waals surface area contributed by atoms with Crippen molar-refractivity contribution in [2.75, 3.05) is 19.1 Å². The smallest absolute Gasteiger partial charge is 0.133 e. The predicted octanol–water partition coefficient (Wildman–Crippen LogP) is 3.68.